The minimum absolute atomic E-state index is 0.0429. The summed E-state index contributed by atoms with van der Waals surface area (Å²) in [5.41, 5.74) is 7.75. The van der Waals surface area contributed by atoms with E-state index in [4.69, 9.17) is 10.2 Å². The lowest BCUT2D eigenvalue weighted by Crippen LogP contribution is -2.11. The Bertz CT molecular complexity index is 592. The molecule has 5 heteroatoms. The minimum atomic E-state index is 0.0429. The van der Waals surface area contributed by atoms with Crippen LogP contribution in [-0.4, -0.2) is 17.4 Å². The van der Waals surface area contributed by atoms with Gasteiger partial charge in [0.1, 0.15) is 5.52 Å². The predicted octanol–water partition coefficient (Wildman–Crippen LogP) is 3.24. The summed E-state index contributed by atoms with van der Waals surface area (Å²) in [5, 5.41) is 2.91. The van der Waals surface area contributed by atoms with Crippen molar-refractivity contribution in [1.82, 2.24) is 4.98 Å². The van der Waals surface area contributed by atoms with Crippen LogP contribution in [0.1, 0.15) is 44.9 Å². The third kappa shape index (κ3) is 4.56. The smallest absolute Gasteiger partial charge is 0.224 e. The summed E-state index contributed by atoms with van der Waals surface area (Å²) in [6.07, 6.45) is 5.38. The second-order valence-electron chi connectivity index (χ2n) is 5.14. The highest BCUT2D eigenvalue weighted by Crippen LogP contribution is 2.20. The minimum Gasteiger partial charge on any atom is -0.441 e. The Kier molecular flexibility index (Phi) is 5.75. The number of benzene rings is 1. The van der Waals surface area contributed by atoms with Crippen LogP contribution in [0.15, 0.2) is 22.6 Å². The molecular formula is C16H23N3O2. The fourth-order valence-electron chi connectivity index (χ4n) is 2.21. The van der Waals surface area contributed by atoms with E-state index in [2.05, 4.69) is 10.3 Å². The van der Waals surface area contributed by atoms with Gasteiger partial charge in [-0.2, -0.15) is 0 Å². The number of anilines is 1. The van der Waals surface area contributed by atoms with Crippen LogP contribution in [-0.2, 0) is 11.2 Å². The number of nitrogens with two attached hydrogens (primary N) is 1. The van der Waals surface area contributed by atoms with Crippen molar-refractivity contribution in [2.75, 3.05) is 11.9 Å². The summed E-state index contributed by atoms with van der Waals surface area (Å²) in [6, 6.07) is 5.54. The number of amides is 1. The number of hydrogen-bond acceptors (Lipinski definition) is 4. The van der Waals surface area contributed by atoms with Crippen LogP contribution < -0.4 is 11.1 Å². The maximum atomic E-state index is 11.9. The third-order valence-electron chi connectivity index (χ3n) is 3.38. The van der Waals surface area contributed by atoms with Gasteiger partial charge in [0.05, 0.1) is 0 Å². The number of nitrogens with zero attached hydrogens (tertiary/aromatic N) is 1. The summed E-state index contributed by atoms with van der Waals surface area (Å²) >= 11 is 0. The highest BCUT2D eigenvalue weighted by atomic mass is 16.3. The van der Waals surface area contributed by atoms with E-state index in [0.29, 0.717) is 12.3 Å². The molecule has 2 rings (SSSR count). The molecule has 3 N–H and O–H groups in total. The Balaban J connectivity index is 1.85. The largest absolute Gasteiger partial charge is 0.441 e. The molecule has 114 valence electrons. The average molecular weight is 289 g/mol. The van der Waals surface area contributed by atoms with Gasteiger partial charge in [-0.05, 0) is 37.6 Å². The molecule has 1 amide bonds. The van der Waals surface area contributed by atoms with Crippen molar-refractivity contribution in [2.24, 2.45) is 5.73 Å². The third-order valence-corrected chi connectivity index (χ3v) is 3.38. The molecule has 0 fully saturated rings. The first-order valence-electron chi connectivity index (χ1n) is 7.62. The molecule has 0 aliphatic carbocycles. The van der Waals surface area contributed by atoms with Gasteiger partial charge in [-0.1, -0.05) is 19.8 Å². The molecule has 0 unspecified atom stereocenters. The van der Waals surface area contributed by atoms with Gasteiger partial charge in [0, 0.05) is 18.5 Å². The Labute approximate surface area is 124 Å². The number of rotatable bonds is 8. The van der Waals surface area contributed by atoms with E-state index in [1.807, 2.05) is 25.1 Å². The van der Waals surface area contributed by atoms with Gasteiger partial charge in [-0.25, -0.2) is 4.98 Å². The topological polar surface area (TPSA) is 81.2 Å². The van der Waals surface area contributed by atoms with Crippen LogP contribution in [0.2, 0.25) is 0 Å². The monoisotopic (exact) mass is 289 g/mol. The van der Waals surface area contributed by atoms with Gasteiger partial charge in [-0.15, -0.1) is 0 Å². The lowest BCUT2D eigenvalue weighted by molar-refractivity contribution is -0.116. The van der Waals surface area contributed by atoms with Crippen LogP contribution in [0.4, 0.5) is 5.69 Å². The van der Waals surface area contributed by atoms with Crippen molar-refractivity contribution in [3.05, 3.63) is 24.1 Å². The first-order chi connectivity index (χ1) is 10.2. The molecule has 2 aromatic rings. The second-order valence-corrected chi connectivity index (χ2v) is 5.14. The fourth-order valence-corrected chi connectivity index (χ4v) is 2.21. The normalized spacial score (nSPS) is 11.0. The fraction of sp³-hybridized carbons (Fsp3) is 0.500. The van der Waals surface area contributed by atoms with Crippen molar-refractivity contribution < 1.29 is 9.21 Å². The van der Waals surface area contributed by atoms with E-state index in [-0.39, 0.29) is 5.91 Å². The van der Waals surface area contributed by atoms with Crippen molar-refractivity contribution in [1.29, 1.82) is 0 Å². The molecule has 0 saturated carbocycles. The van der Waals surface area contributed by atoms with Gasteiger partial charge < -0.3 is 15.5 Å². The highest BCUT2D eigenvalue weighted by molar-refractivity contribution is 5.92. The first kappa shape index (κ1) is 15.5. The first-order valence-corrected chi connectivity index (χ1v) is 7.62. The van der Waals surface area contributed by atoms with E-state index in [1.54, 1.807) is 0 Å². The van der Waals surface area contributed by atoms with Gasteiger partial charge in [0.25, 0.3) is 0 Å². The van der Waals surface area contributed by atoms with Crippen molar-refractivity contribution >= 4 is 22.7 Å². The quantitative estimate of drug-likeness (QED) is 0.731. The number of aromatic nitrogens is 1. The Morgan fingerprint density at radius 2 is 2.10 bits per heavy atom. The number of oxazole rings is 1. The SMILES string of the molecule is CCc1nc2cc(NC(=O)CCCCCCN)ccc2o1. The van der Waals surface area contributed by atoms with E-state index in [1.165, 1.54) is 0 Å². The van der Waals surface area contributed by atoms with Gasteiger partial charge in [0.15, 0.2) is 11.5 Å². The maximum Gasteiger partial charge on any atom is 0.224 e. The number of nitrogens with one attached hydrogen (secondary N) is 1. The predicted molar refractivity (Wildman–Crippen MR) is 84.2 cm³/mol. The molecule has 21 heavy (non-hydrogen) atoms. The molecule has 1 heterocycles. The van der Waals surface area contributed by atoms with Crippen molar-refractivity contribution in [3.8, 4) is 0 Å². The number of unbranched alkanes of at least 4 members (excludes halogenated alkanes) is 3. The molecule has 5 nitrogen and oxygen atoms in total. The number of hydrogen-bond donors (Lipinski definition) is 2. The van der Waals surface area contributed by atoms with Gasteiger partial charge in [0.2, 0.25) is 5.91 Å². The Hall–Kier alpha value is -1.88. The van der Waals surface area contributed by atoms with Crippen LogP contribution in [0.3, 0.4) is 0 Å². The van der Waals surface area contributed by atoms with Crippen molar-refractivity contribution in [3.63, 3.8) is 0 Å². The summed E-state index contributed by atoms with van der Waals surface area (Å²) in [4.78, 5) is 16.2. The molecule has 0 radical (unpaired) electrons. The standard InChI is InChI=1S/C16H23N3O2/c1-2-16-19-13-11-12(8-9-14(13)21-16)18-15(20)7-5-3-4-6-10-17/h8-9,11H,2-7,10,17H2,1H3,(H,18,20). The molecular weight excluding hydrogens is 266 g/mol. The molecule has 0 spiro atoms. The molecule has 1 aromatic carbocycles. The second kappa shape index (κ2) is 7.78. The summed E-state index contributed by atoms with van der Waals surface area (Å²) in [6.45, 7) is 2.72. The molecule has 0 saturated heterocycles. The van der Waals surface area contributed by atoms with Gasteiger partial charge >= 0.3 is 0 Å². The molecule has 0 aliphatic rings. The Morgan fingerprint density at radius 3 is 2.86 bits per heavy atom. The van der Waals surface area contributed by atoms with E-state index in [9.17, 15) is 4.79 Å². The molecule has 1 aromatic heterocycles. The van der Waals surface area contributed by atoms with Crippen molar-refractivity contribution in [2.45, 2.75) is 45.4 Å². The van der Waals surface area contributed by atoms with E-state index < -0.39 is 0 Å². The molecule has 0 atom stereocenters. The number of carbonyl (C=O) groups is 1. The number of fused-ring (bicyclic) bond motifs is 1. The summed E-state index contributed by atoms with van der Waals surface area (Å²) in [5.74, 6) is 0.759. The number of carbonyl (C=O) groups excluding carboxylic acids is 1. The summed E-state index contributed by atoms with van der Waals surface area (Å²) < 4.78 is 5.55. The van der Waals surface area contributed by atoms with Crippen LogP contribution in [0, 0.1) is 0 Å². The molecule has 0 aliphatic heterocycles. The summed E-state index contributed by atoms with van der Waals surface area (Å²) in [7, 11) is 0. The maximum absolute atomic E-state index is 11.9. The van der Waals surface area contributed by atoms with Crippen LogP contribution >= 0.6 is 0 Å². The zero-order valence-electron chi connectivity index (χ0n) is 12.5. The van der Waals surface area contributed by atoms with Crippen LogP contribution in [0.5, 0.6) is 0 Å². The zero-order valence-corrected chi connectivity index (χ0v) is 12.5. The zero-order chi connectivity index (χ0) is 15.1. The average Bonchev–Trinajstić information content (AvgIpc) is 2.89. The molecule has 0 bridgehead atoms. The van der Waals surface area contributed by atoms with E-state index in [0.717, 1.165) is 55.4 Å². The number of aryl methyl sites for hydroxylation is 1. The lowest BCUT2D eigenvalue weighted by Gasteiger charge is -2.04. The van der Waals surface area contributed by atoms with E-state index >= 15 is 0 Å². The highest BCUT2D eigenvalue weighted by Gasteiger charge is 2.07. The lowest BCUT2D eigenvalue weighted by atomic mass is 10.1. The van der Waals surface area contributed by atoms with Crippen LogP contribution in [0.25, 0.3) is 11.1 Å². The van der Waals surface area contributed by atoms with Gasteiger partial charge in [-0.3, -0.25) is 4.79 Å². The Morgan fingerprint density at radius 1 is 1.29 bits per heavy atom.